The highest BCUT2D eigenvalue weighted by molar-refractivity contribution is 6.99. The number of ether oxygens (including phenoxy) is 1. The molecule has 1 aromatic heterocycles. The van der Waals surface area contributed by atoms with Crippen LogP contribution in [0.25, 0.3) is 0 Å². The van der Waals surface area contributed by atoms with Crippen molar-refractivity contribution in [1.82, 2.24) is 9.55 Å². The molecule has 3 atom stereocenters. The van der Waals surface area contributed by atoms with Gasteiger partial charge in [0, 0.05) is 31.2 Å². The van der Waals surface area contributed by atoms with Gasteiger partial charge in [-0.25, -0.2) is 4.79 Å². The second-order valence-electron chi connectivity index (χ2n) is 10.8. The van der Waals surface area contributed by atoms with E-state index in [1.165, 1.54) is 10.8 Å². The van der Waals surface area contributed by atoms with Crippen molar-refractivity contribution in [2.75, 3.05) is 13.2 Å². The molecule has 1 saturated heterocycles. The molecule has 0 amide bonds. The zero-order valence-corrected chi connectivity index (χ0v) is 22.8. The van der Waals surface area contributed by atoms with Gasteiger partial charge in [0.15, 0.2) is 5.72 Å². The molecule has 8 nitrogen and oxygen atoms in total. The van der Waals surface area contributed by atoms with Gasteiger partial charge in [-0.2, -0.15) is 0 Å². The van der Waals surface area contributed by atoms with Crippen molar-refractivity contribution in [3.05, 3.63) is 93.3 Å². The molecule has 0 spiro atoms. The Balaban J connectivity index is 1.73. The lowest BCUT2D eigenvalue weighted by molar-refractivity contribution is -0.127. The minimum absolute atomic E-state index is 0.0746. The third-order valence-electron chi connectivity index (χ3n) is 7.27. The van der Waals surface area contributed by atoms with Crippen LogP contribution in [-0.4, -0.2) is 53.5 Å². The molecule has 37 heavy (non-hydrogen) atoms. The van der Waals surface area contributed by atoms with E-state index in [-0.39, 0.29) is 31.1 Å². The maximum Gasteiger partial charge on any atom is 0.330 e. The van der Waals surface area contributed by atoms with Crippen molar-refractivity contribution in [2.24, 2.45) is 0 Å². The monoisotopic (exact) mass is 524 g/mol. The highest BCUT2D eigenvalue weighted by Gasteiger charge is 2.53. The van der Waals surface area contributed by atoms with Crippen LogP contribution in [0.3, 0.4) is 0 Å². The Morgan fingerprint density at radius 3 is 2.16 bits per heavy atom. The number of aliphatic hydroxyl groups excluding tert-OH is 2. The number of nitrogens with one attached hydrogen (secondary N) is 1. The predicted octanol–water partition coefficient (Wildman–Crippen LogP) is 1.61. The Kier molecular flexibility index (Phi) is 7.73. The number of nitrogens with zero attached hydrogens (tertiary/aromatic N) is 1. The average Bonchev–Trinajstić information content (AvgIpc) is 3.18. The second kappa shape index (κ2) is 10.5. The lowest BCUT2D eigenvalue weighted by Crippen LogP contribution is -2.67. The summed E-state index contributed by atoms with van der Waals surface area (Å²) in [6, 6.07) is 20.4. The largest absolute Gasteiger partial charge is 0.405 e. The van der Waals surface area contributed by atoms with Gasteiger partial charge in [-0.15, -0.1) is 0 Å². The van der Waals surface area contributed by atoms with Crippen molar-refractivity contribution in [3.8, 4) is 0 Å². The molecule has 1 aliphatic heterocycles. The summed E-state index contributed by atoms with van der Waals surface area (Å²) in [6.45, 7) is 7.94. The third-order valence-corrected chi connectivity index (χ3v) is 12.3. The second-order valence-corrected chi connectivity index (χ2v) is 15.1. The summed E-state index contributed by atoms with van der Waals surface area (Å²) >= 11 is 0. The quantitative estimate of drug-likeness (QED) is 0.386. The van der Waals surface area contributed by atoms with Gasteiger partial charge < -0.3 is 19.4 Å². The summed E-state index contributed by atoms with van der Waals surface area (Å²) in [6.07, 6.45) is -0.107. The number of aromatic nitrogens is 2. The molecule has 3 N–H and O–H groups in total. The number of aryl methyl sites for hydroxylation is 1. The Morgan fingerprint density at radius 2 is 1.65 bits per heavy atom. The minimum atomic E-state index is -2.87. The van der Waals surface area contributed by atoms with Crippen LogP contribution in [0.1, 0.15) is 39.2 Å². The smallest absolute Gasteiger partial charge is 0.330 e. The molecule has 2 aromatic carbocycles. The summed E-state index contributed by atoms with van der Waals surface area (Å²) < 4.78 is 14.6. The molecular formula is C28H36N2O6Si. The van der Waals surface area contributed by atoms with Crippen molar-refractivity contribution < 1.29 is 19.4 Å². The van der Waals surface area contributed by atoms with E-state index in [1.54, 1.807) is 6.92 Å². The molecule has 1 aliphatic rings. The van der Waals surface area contributed by atoms with Crippen LogP contribution in [0, 0.1) is 6.92 Å². The van der Waals surface area contributed by atoms with Crippen LogP contribution in [0.15, 0.2) is 76.4 Å². The first kappa shape index (κ1) is 27.2. The number of hydrogen-bond acceptors (Lipinski definition) is 6. The fourth-order valence-corrected chi connectivity index (χ4v) is 10.0. The van der Waals surface area contributed by atoms with E-state index in [9.17, 15) is 19.8 Å². The zero-order valence-electron chi connectivity index (χ0n) is 21.8. The van der Waals surface area contributed by atoms with Crippen molar-refractivity contribution in [3.63, 3.8) is 0 Å². The Morgan fingerprint density at radius 1 is 1.08 bits per heavy atom. The Bertz CT molecular complexity index is 1280. The summed E-state index contributed by atoms with van der Waals surface area (Å²) in [5.74, 6) is 0. The van der Waals surface area contributed by atoms with E-state index in [0.29, 0.717) is 5.56 Å². The molecular weight excluding hydrogens is 488 g/mol. The van der Waals surface area contributed by atoms with E-state index in [0.717, 1.165) is 10.4 Å². The Labute approximate surface area is 217 Å². The first-order chi connectivity index (χ1) is 17.5. The fraction of sp³-hybridized carbons (Fsp3) is 0.429. The molecule has 0 aliphatic carbocycles. The van der Waals surface area contributed by atoms with Gasteiger partial charge in [-0.3, -0.25) is 14.3 Å². The van der Waals surface area contributed by atoms with Gasteiger partial charge in [-0.05, 0) is 22.3 Å². The van der Waals surface area contributed by atoms with E-state index in [1.807, 2.05) is 36.4 Å². The first-order valence-electron chi connectivity index (χ1n) is 12.6. The average molecular weight is 525 g/mol. The highest BCUT2D eigenvalue weighted by atomic mass is 28.4. The molecule has 0 radical (unpaired) electrons. The van der Waals surface area contributed by atoms with Gasteiger partial charge in [-0.1, -0.05) is 81.4 Å². The van der Waals surface area contributed by atoms with Crippen molar-refractivity contribution in [1.29, 1.82) is 0 Å². The molecule has 198 valence electrons. The van der Waals surface area contributed by atoms with Crippen LogP contribution in [0.4, 0.5) is 0 Å². The maximum absolute atomic E-state index is 12.7. The number of rotatable bonds is 8. The fourth-order valence-electron chi connectivity index (χ4n) is 5.46. The molecule has 9 heteroatoms. The SMILES string of the molecule is Cc1cn([C@@]2(CCO)C[C@H](O)[C@@H](CO[Si](c3ccccc3)(c3ccccc3)C(C)(C)C)O2)c(=O)[nH]c1=O. The van der Waals surface area contributed by atoms with Crippen LogP contribution in [-0.2, 0) is 14.9 Å². The number of hydrogen-bond donors (Lipinski definition) is 3. The normalized spacial score (nSPS) is 22.3. The number of H-pyrrole nitrogens is 1. The van der Waals surface area contributed by atoms with Crippen LogP contribution >= 0.6 is 0 Å². The van der Waals surface area contributed by atoms with Gasteiger partial charge in [0.2, 0.25) is 0 Å². The van der Waals surface area contributed by atoms with Crippen molar-refractivity contribution in [2.45, 2.75) is 63.5 Å². The standard InChI is InChI=1S/C28H36N2O6Si/c1-20-18-30(26(34)29-25(20)33)28(15-16-31)17-23(32)24(36-28)19-35-37(27(2,3)4,21-11-7-5-8-12-21)22-13-9-6-10-14-22/h5-14,18,23-24,31-32H,15-17,19H2,1-4H3,(H,29,33,34)/t23-,24+,28+/m0/s1. The van der Waals surface area contributed by atoms with Crippen LogP contribution in [0.2, 0.25) is 5.04 Å². The number of aromatic amines is 1. The van der Waals surface area contributed by atoms with Gasteiger partial charge >= 0.3 is 5.69 Å². The molecule has 2 heterocycles. The van der Waals surface area contributed by atoms with E-state index < -0.39 is 37.5 Å². The first-order valence-corrected chi connectivity index (χ1v) is 14.5. The molecule has 3 aromatic rings. The molecule has 4 rings (SSSR count). The van der Waals surface area contributed by atoms with Gasteiger partial charge in [0.05, 0.1) is 12.7 Å². The third kappa shape index (κ3) is 5.02. The zero-order chi connectivity index (χ0) is 26.8. The number of benzene rings is 2. The van der Waals surface area contributed by atoms with Crippen molar-refractivity contribution >= 4 is 18.7 Å². The Hall–Kier alpha value is -2.82. The summed E-state index contributed by atoms with van der Waals surface area (Å²) in [5.41, 5.74) is -2.10. The predicted molar refractivity (Wildman–Crippen MR) is 145 cm³/mol. The lowest BCUT2D eigenvalue weighted by atomic mass is 10.0. The summed E-state index contributed by atoms with van der Waals surface area (Å²) in [5, 5.41) is 22.9. The topological polar surface area (TPSA) is 114 Å². The van der Waals surface area contributed by atoms with Gasteiger partial charge in [0.25, 0.3) is 13.9 Å². The van der Waals surface area contributed by atoms with E-state index in [4.69, 9.17) is 9.16 Å². The number of aliphatic hydroxyl groups is 2. The summed E-state index contributed by atoms with van der Waals surface area (Å²) in [4.78, 5) is 27.0. The van der Waals surface area contributed by atoms with Gasteiger partial charge in [0.1, 0.15) is 6.10 Å². The lowest BCUT2D eigenvalue weighted by Gasteiger charge is -2.43. The highest BCUT2D eigenvalue weighted by Crippen LogP contribution is 2.40. The maximum atomic E-state index is 12.7. The molecule has 1 fully saturated rings. The van der Waals surface area contributed by atoms with E-state index >= 15 is 0 Å². The summed E-state index contributed by atoms with van der Waals surface area (Å²) in [7, 11) is -2.87. The van der Waals surface area contributed by atoms with Crippen LogP contribution < -0.4 is 21.6 Å². The minimum Gasteiger partial charge on any atom is -0.405 e. The van der Waals surface area contributed by atoms with E-state index in [2.05, 4.69) is 50.0 Å². The molecule has 0 bridgehead atoms. The van der Waals surface area contributed by atoms with Crippen LogP contribution in [0.5, 0.6) is 0 Å². The molecule has 0 unspecified atom stereocenters. The molecule has 0 saturated carbocycles.